The Morgan fingerprint density at radius 3 is 2.86 bits per heavy atom. The van der Waals surface area contributed by atoms with E-state index in [0.29, 0.717) is 5.92 Å². The van der Waals surface area contributed by atoms with Gasteiger partial charge in [-0.25, -0.2) is 4.98 Å². The van der Waals surface area contributed by atoms with Gasteiger partial charge in [0.2, 0.25) is 0 Å². The van der Waals surface area contributed by atoms with Crippen LogP contribution in [0.2, 0.25) is 0 Å². The van der Waals surface area contributed by atoms with Crippen LogP contribution in [0, 0.1) is 5.92 Å². The zero-order chi connectivity index (χ0) is 15.1. The molecule has 2 aromatic rings. The average Bonchev–Trinajstić information content (AvgIpc) is 3.11. The number of imidazole rings is 1. The number of allylic oxidation sites excluding steroid dienone is 1. The summed E-state index contributed by atoms with van der Waals surface area (Å²) < 4.78 is 2.16. The second-order valence-electron chi connectivity index (χ2n) is 6.69. The van der Waals surface area contributed by atoms with Gasteiger partial charge >= 0.3 is 0 Å². The van der Waals surface area contributed by atoms with Crippen LogP contribution in [0.5, 0.6) is 0 Å². The Kier molecular flexibility index (Phi) is 3.38. The number of aromatic nitrogens is 2. The summed E-state index contributed by atoms with van der Waals surface area (Å²) in [6, 6.07) is 8.47. The van der Waals surface area contributed by atoms with Gasteiger partial charge in [-0.2, -0.15) is 0 Å². The molecule has 0 radical (unpaired) electrons. The van der Waals surface area contributed by atoms with E-state index in [4.69, 9.17) is 0 Å². The molecule has 0 saturated heterocycles. The van der Waals surface area contributed by atoms with Crippen LogP contribution < -0.4 is 0 Å². The highest BCUT2D eigenvalue weighted by atomic mass is 16.3. The third-order valence-electron chi connectivity index (χ3n) is 5.35. The van der Waals surface area contributed by atoms with E-state index < -0.39 is 0 Å². The molecule has 2 atom stereocenters. The summed E-state index contributed by atoms with van der Waals surface area (Å²) in [5.41, 5.74) is 5.08. The predicted molar refractivity (Wildman–Crippen MR) is 87.1 cm³/mol. The van der Waals surface area contributed by atoms with Crippen molar-refractivity contribution in [2.24, 2.45) is 5.92 Å². The van der Waals surface area contributed by atoms with E-state index in [1.165, 1.54) is 22.5 Å². The van der Waals surface area contributed by atoms with Gasteiger partial charge in [-0.05, 0) is 49.7 Å². The first-order valence-electron chi connectivity index (χ1n) is 8.20. The number of aliphatic hydroxyl groups is 1. The average molecular weight is 294 g/mol. The number of aliphatic hydroxyl groups excluding tert-OH is 1. The number of rotatable bonds is 3. The third kappa shape index (κ3) is 2.20. The van der Waals surface area contributed by atoms with Gasteiger partial charge in [0.25, 0.3) is 0 Å². The van der Waals surface area contributed by atoms with Gasteiger partial charge in [-0.1, -0.05) is 30.4 Å². The van der Waals surface area contributed by atoms with Crippen molar-refractivity contribution in [3.63, 3.8) is 0 Å². The maximum Gasteiger partial charge on any atom is 0.0994 e. The summed E-state index contributed by atoms with van der Waals surface area (Å²) in [6.45, 7) is 4.07. The van der Waals surface area contributed by atoms with Crippen molar-refractivity contribution >= 4 is 0 Å². The fourth-order valence-electron chi connectivity index (χ4n) is 4.04. The van der Waals surface area contributed by atoms with Crippen LogP contribution in [0.3, 0.4) is 0 Å². The lowest BCUT2D eigenvalue weighted by molar-refractivity contribution is 0.0800. The Hall–Kier alpha value is -1.87. The minimum absolute atomic E-state index is 0.243. The van der Waals surface area contributed by atoms with Crippen molar-refractivity contribution in [1.29, 1.82) is 0 Å². The lowest BCUT2D eigenvalue weighted by Crippen LogP contribution is -2.25. The summed E-state index contributed by atoms with van der Waals surface area (Å²) in [5.74, 6) is 0.675. The minimum Gasteiger partial charge on any atom is -0.393 e. The number of nitrogens with zero attached hydrogens (tertiary/aromatic N) is 2. The fourth-order valence-corrected chi connectivity index (χ4v) is 4.04. The van der Waals surface area contributed by atoms with E-state index in [9.17, 15) is 5.11 Å². The molecule has 1 aliphatic heterocycles. The molecule has 0 amide bonds. The molecule has 1 aromatic heterocycles. The van der Waals surface area contributed by atoms with Crippen molar-refractivity contribution < 1.29 is 5.11 Å². The lowest BCUT2D eigenvalue weighted by Gasteiger charge is -2.29. The van der Waals surface area contributed by atoms with Gasteiger partial charge < -0.3 is 9.67 Å². The van der Waals surface area contributed by atoms with Crippen molar-refractivity contribution in [2.75, 3.05) is 0 Å². The second kappa shape index (κ2) is 5.40. The van der Waals surface area contributed by atoms with Crippen molar-refractivity contribution in [2.45, 2.75) is 44.1 Å². The Labute approximate surface area is 131 Å². The normalized spacial score (nSPS) is 22.4. The number of hydrogen-bond donors (Lipinski definition) is 1. The van der Waals surface area contributed by atoms with E-state index in [-0.39, 0.29) is 12.0 Å². The SMILES string of the molecule is C=C1CCC(C(O)CC2c3ccccc3-n3cncc32)CC1. The largest absolute Gasteiger partial charge is 0.393 e. The topological polar surface area (TPSA) is 38.0 Å². The number of hydrogen-bond acceptors (Lipinski definition) is 2. The van der Waals surface area contributed by atoms with Crippen molar-refractivity contribution in [1.82, 2.24) is 9.55 Å². The molecule has 2 aliphatic rings. The minimum atomic E-state index is -0.243. The molecule has 3 nitrogen and oxygen atoms in total. The zero-order valence-electron chi connectivity index (χ0n) is 12.8. The van der Waals surface area contributed by atoms with Gasteiger partial charge in [0.05, 0.1) is 23.8 Å². The maximum atomic E-state index is 10.7. The van der Waals surface area contributed by atoms with Gasteiger partial charge in [0, 0.05) is 12.1 Å². The van der Waals surface area contributed by atoms with Crippen LogP contribution in [0.15, 0.2) is 48.9 Å². The Morgan fingerprint density at radius 1 is 1.27 bits per heavy atom. The molecule has 0 bridgehead atoms. The molecule has 2 heterocycles. The molecule has 4 rings (SSSR count). The number of para-hydroxylation sites is 1. The van der Waals surface area contributed by atoms with Crippen LogP contribution in [0.25, 0.3) is 5.69 Å². The summed E-state index contributed by atoms with van der Waals surface area (Å²) in [5, 5.41) is 10.7. The molecular weight excluding hydrogens is 272 g/mol. The first-order valence-corrected chi connectivity index (χ1v) is 8.20. The molecule has 1 saturated carbocycles. The highest BCUT2D eigenvalue weighted by Gasteiger charge is 2.33. The Bertz CT molecular complexity index is 693. The first-order chi connectivity index (χ1) is 10.7. The maximum absolute atomic E-state index is 10.7. The molecule has 3 heteroatoms. The lowest BCUT2D eigenvalue weighted by atomic mass is 9.79. The summed E-state index contributed by atoms with van der Waals surface area (Å²) >= 11 is 0. The number of benzene rings is 1. The summed E-state index contributed by atoms with van der Waals surface area (Å²) in [7, 11) is 0. The molecule has 114 valence electrons. The van der Waals surface area contributed by atoms with Gasteiger partial charge in [0.15, 0.2) is 0 Å². The van der Waals surface area contributed by atoms with Gasteiger partial charge in [0.1, 0.15) is 0 Å². The fraction of sp³-hybridized carbons (Fsp3) is 0.421. The summed E-state index contributed by atoms with van der Waals surface area (Å²) in [6.07, 6.45) is 8.67. The third-order valence-corrected chi connectivity index (χ3v) is 5.35. The van der Waals surface area contributed by atoms with E-state index >= 15 is 0 Å². The zero-order valence-corrected chi connectivity index (χ0v) is 12.8. The predicted octanol–water partition coefficient (Wildman–Crippen LogP) is 3.82. The highest BCUT2D eigenvalue weighted by molar-refractivity contribution is 5.53. The molecule has 0 spiro atoms. The van der Waals surface area contributed by atoms with Crippen molar-refractivity contribution in [3.8, 4) is 5.69 Å². The number of fused-ring (bicyclic) bond motifs is 3. The van der Waals surface area contributed by atoms with E-state index in [1.807, 2.05) is 12.5 Å². The summed E-state index contributed by atoms with van der Waals surface area (Å²) in [4.78, 5) is 4.29. The standard InChI is InChI=1S/C19H22N2O/c1-13-6-8-14(9-7-13)19(22)10-16-15-4-2-3-5-17(15)21-12-20-11-18(16)21/h2-5,11-12,14,16,19,22H,1,6-10H2. The smallest absolute Gasteiger partial charge is 0.0994 e. The molecule has 1 aliphatic carbocycles. The molecule has 1 N–H and O–H groups in total. The van der Waals surface area contributed by atoms with Crippen LogP contribution >= 0.6 is 0 Å². The second-order valence-corrected chi connectivity index (χ2v) is 6.69. The van der Waals surface area contributed by atoms with Crippen LogP contribution in [0.1, 0.15) is 49.3 Å². The molecule has 2 unspecified atom stereocenters. The van der Waals surface area contributed by atoms with E-state index in [2.05, 4.69) is 40.4 Å². The quantitative estimate of drug-likeness (QED) is 0.874. The van der Waals surface area contributed by atoms with Crippen molar-refractivity contribution in [3.05, 3.63) is 60.2 Å². The first kappa shape index (κ1) is 13.8. The Balaban J connectivity index is 1.57. The van der Waals surface area contributed by atoms with E-state index in [0.717, 1.165) is 32.1 Å². The Morgan fingerprint density at radius 2 is 2.05 bits per heavy atom. The molecular formula is C19H22N2O. The molecule has 22 heavy (non-hydrogen) atoms. The monoisotopic (exact) mass is 294 g/mol. The van der Waals surface area contributed by atoms with Gasteiger partial charge in [-0.15, -0.1) is 0 Å². The van der Waals surface area contributed by atoms with E-state index in [1.54, 1.807) is 0 Å². The van der Waals surface area contributed by atoms with Crippen LogP contribution in [-0.4, -0.2) is 20.8 Å². The van der Waals surface area contributed by atoms with Crippen LogP contribution in [-0.2, 0) is 0 Å². The molecule has 1 fully saturated rings. The molecule has 1 aromatic carbocycles. The van der Waals surface area contributed by atoms with Gasteiger partial charge in [-0.3, -0.25) is 0 Å². The van der Waals surface area contributed by atoms with Crippen LogP contribution in [0.4, 0.5) is 0 Å². The highest BCUT2D eigenvalue weighted by Crippen LogP contribution is 2.42.